The van der Waals surface area contributed by atoms with Crippen LogP contribution in [0.15, 0.2) is 54.7 Å². The normalized spacial score (nSPS) is 10.4. The Labute approximate surface area is 161 Å². The lowest BCUT2D eigenvalue weighted by atomic mass is 10.1. The van der Waals surface area contributed by atoms with Crippen LogP contribution in [0.5, 0.6) is 0 Å². The summed E-state index contributed by atoms with van der Waals surface area (Å²) in [5.41, 5.74) is 20.0. The first-order valence-corrected chi connectivity index (χ1v) is 8.55. The summed E-state index contributed by atoms with van der Waals surface area (Å²) in [5.74, 6) is -0.936. The van der Waals surface area contributed by atoms with Crippen molar-refractivity contribution in [3.8, 4) is 0 Å². The fourth-order valence-corrected chi connectivity index (χ4v) is 2.65. The van der Waals surface area contributed by atoms with E-state index in [0.717, 1.165) is 11.1 Å². The predicted octanol–water partition coefficient (Wildman–Crippen LogP) is 1.26. The van der Waals surface area contributed by atoms with Gasteiger partial charge in [-0.25, -0.2) is 9.97 Å². The Morgan fingerprint density at radius 1 is 1.00 bits per heavy atom. The first-order valence-electron chi connectivity index (χ1n) is 8.55. The first-order chi connectivity index (χ1) is 13.4. The number of aromatic nitrogens is 2. The number of hydrogen-bond donors (Lipinski definition) is 4. The fraction of sp³-hybridized carbons (Fsp3) is 0.100. The molecule has 8 heteroatoms. The van der Waals surface area contributed by atoms with Crippen molar-refractivity contribution in [2.24, 2.45) is 5.73 Å². The minimum absolute atomic E-state index is 0.00736. The molecule has 3 rings (SSSR count). The van der Waals surface area contributed by atoms with Gasteiger partial charge in [0.1, 0.15) is 0 Å². The minimum atomic E-state index is -0.734. The monoisotopic (exact) mass is 376 g/mol. The minimum Gasteiger partial charge on any atom is -0.399 e. The molecule has 8 nitrogen and oxygen atoms in total. The number of nitrogens with zero attached hydrogens (tertiary/aromatic N) is 2. The van der Waals surface area contributed by atoms with Crippen molar-refractivity contribution in [1.29, 1.82) is 0 Å². The van der Waals surface area contributed by atoms with Crippen LogP contribution >= 0.6 is 0 Å². The Kier molecular flexibility index (Phi) is 5.50. The molecule has 0 aliphatic rings. The number of carbonyl (C=O) groups excluding carboxylic acids is 2. The summed E-state index contributed by atoms with van der Waals surface area (Å²) < 4.78 is 0. The maximum atomic E-state index is 12.4. The quantitative estimate of drug-likeness (QED) is 0.476. The summed E-state index contributed by atoms with van der Waals surface area (Å²) in [6, 6.07) is 14.4. The summed E-state index contributed by atoms with van der Waals surface area (Å²) in [4.78, 5) is 31.9. The molecular weight excluding hydrogens is 356 g/mol. The number of primary amides is 1. The summed E-state index contributed by atoms with van der Waals surface area (Å²) in [5, 5.41) is 2.87. The van der Waals surface area contributed by atoms with Crippen molar-refractivity contribution in [3.63, 3.8) is 0 Å². The van der Waals surface area contributed by atoms with Crippen LogP contribution in [-0.4, -0.2) is 21.8 Å². The number of nitrogen functional groups attached to an aromatic ring is 2. The fourth-order valence-electron chi connectivity index (χ4n) is 2.65. The summed E-state index contributed by atoms with van der Waals surface area (Å²) in [7, 11) is 0. The first kappa shape index (κ1) is 18.8. The third-order valence-electron chi connectivity index (χ3n) is 4.09. The van der Waals surface area contributed by atoms with E-state index < -0.39 is 5.91 Å². The Morgan fingerprint density at radius 3 is 2.46 bits per heavy atom. The van der Waals surface area contributed by atoms with E-state index in [1.54, 1.807) is 30.3 Å². The van der Waals surface area contributed by atoms with Crippen molar-refractivity contribution in [3.05, 3.63) is 82.8 Å². The number of rotatable bonds is 6. The van der Waals surface area contributed by atoms with Crippen molar-refractivity contribution in [2.75, 3.05) is 11.5 Å². The molecule has 0 radical (unpaired) electrons. The van der Waals surface area contributed by atoms with Gasteiger partial charge in [-0.3, -0.25) is 9.59 Å². The molecule has 0 saturated heterocycles. The number of hydrogen-bond acceptors (Lipinski definition) is 6. The number of carbonyl (C=O) groups is 2. The zero-order valence-electron chi connectivity index (χ0n) is 15.1. The molecule has 0 spiro atoms. The highest BCUT2D eigenvalue weighted by Gasteiger charge is 2.12. The third-order valence-corrected chi connectivity index (χ3v) is 4.09. The summed E-state index contributed by atoms with van der Waals surface area (Å²) >= 11 is 0. The number of amides is 2. The highest BCUT2D eigenvalue weighted by Crippen LogP contribution is 2.13. The van der Waals surface area contributed by atoms with E-state index in [-0.39, 0.29) is 17.4 Å². The van der Waals surface area contributed by atoms with E-state index in [4.69, 9.17) is 17.2 Å². The Balaban J connectivity index is 1.69. The number of nitrogens with one attached hydrogen (secondary N) is 1. The molecule has 1 aromatic heterocycles. The van der Waals surface area contributed by atoms with Gasteiger partial charge < -0.3 is 22.5 Å². The standard InChI is InChI=1S/C20H20N6O2/c21-15-6-4-12(5-7-15)10-25-20(28)14-3-1-2-13(8-14)9-16-11-24-18(22)17(26-16)19(23)27/h1-8,11H,9-10,21H2,(H2,22,24)(H2,23,27)(H,25,28). The van der Waals surface area contributed by atoms with E-state index in [1.165, 1.54) is 6.20 Å². The average Bonchev–Trinajstić information content (AvgIpc) is 2.69. The van der Waals surface area contributed by atoms with E-state index in [9.17, 15) is 9.59 Å². The van der Waals surface area contributed by atoms with Crippen molar-refractivity contribution >= 4 is 23.3 Å². The molecule has 0 fully saturated rings. The SMILES string of the molecule is NC(=O)c1nc(Cc2cccc(C(=O)NCc3ccc(N)cc3)c2)cnc1N. The van der Waals surface area contributed by atoms with Gasteiger partial charge in [0.05, 0.1) is 11.9 Å². The van der Waals surface area contributed by atoms with Gasteiger partial charge in [0.15, 0.2) is 11.5 Å². The van der Waals surface area contributed by atoms with Crippen molar-refractivity contribution < 1.29 is 9.59 Å². The summed E-state index contributed by atoms with van der Waals surface area (Å²) in [6.45, 7) is 0.398. The van der Waals surface area contributed by atoms with Gasteiger partial charge in [0, 0.05) is 24.2 Å². The van der Waals surface area contributed by atoms with E-state index in [0.29, 0.717) is 29.9 Å². The van der Waals surface area contributed by atoms with Gasteiger partial charge in [0.2, 0.25) is 0 Å². The van der Waals surface area contributed by atoms with Gasteiger partial charge in [-0.1, -0.05) is 24.3 Å². The van der Waals surface area contributed by atoms with Gasteiger partial charge in [-0.15, -0.1) is 0 Å². The van der Waals surface area contributed by atoms with Crippen LogP contribution < -0.4 is 22.5 Å². The zero-order chi connectivity index (χ0) is 20.1. The third kappa shape index (κ3) is 4.61. The maximum Gasteiger partial charge on any atom is 0.271 e. The molecule has 0 atom stereocenters. The Hall–Kier alpha value is -3.94. The summed E-state index contributed by atoms with van der Waals surface area (Å²) in [6.07, 6.45) is 1.86. The zero-order valence-corrected chi connectivity index (χ0v) is 15.1. The van der Waals surface area contributed by atoms with Crippen LogP contribution in [0.2, 0.25) is 0 Å². The molecule has 3 aromatic rings. The maximum absolute atomic E-state index is 12.4. The second kappa shape index (κ2) is 8.17. The van der Waals surface area contributed by atoms with Crippen LogP contribution in [0.3, 0.4) is 0 Å². The molecule has 0 aliphatic carbocycles. The molecule has 7 N–H and O–H groups in total. The van der Waals surface area contributed by atoms with Crippen LogP contribution in [0.4, 0.5) is 11.5 Å². The molecule has 28 heavy (non-hydrogen) atoms. The van der Waals surface area contributed by atoms with Crippen LogP contribution in [0, 0.1) is 0 Å². The molecular formula is C20H20N6O2. The van der Waals surface area contributed by atoms with Gasteiger partial charge in [0.25, 0.3) is 11.8 Å². The van der Waals surface area contributed by atoms with Gasteiger partial charge in [-0.2, -0.15) is 0 Å². The molecule has 2 amide bonds. The highest BCUT2D eigenvalue weighted by atomic mass is 16.2. The second-order valence-electron chi connectivity index (χ2n) is 6.26. The Bertz CT molecular complexity index is 1020. The number of nitrogens with two attached hydrogens (primary N) is 3. The highest BCUT2D eigenvalue weighted by molar-refractivity contribution is 5.95. The van der Waals surface area contributed by atoms with E-state index >= 15 is 0 Å². The van der Waals surface area contributed by atoms with E-state index in [1.807, 2.05) is 18.2 Å². The molecule has 1 heterocycles. The average molecular weight is 376 g/mol. The lowest BCUT2D eigenvalue weighted by molar-refractivity contribution is 0.0949. The molecule has 0 aliphatic heterocycles. The lowest BCUT2D eigenvalue weighted by Gasteiger charge is -2.08. The molecule has 0 unspecified atom stereocenters. The van der Waals surface area contributed by atoms with Crippen LogP contribution in [0.25, 0.3) is 0 Å². The lowest BCUT2D eigenvalue weighted by Crippen LogP contribution is -2.22. The molecule has 0 bridgehead atoms. The second-order valence-corrected chi connectivity index (χ2v) is 6.26. The molecule has 0 saturated carbocycles. The Morgan fingerprint density at radius 2 is 1.75 bits per heavy atom. The largest absolute Gasteiger partial charge is 0.399 e. The number of benzene rings is 2. The van der Waals surface area contributed by atoms with Gasteiger partial charge >= 0.3 is 0 Å². The van der Waals surface area contributed by atoms with E-state index in [2.05, 4.69) is 15.3 Å². The topological polar surface area (TPSA) is 150 Å². The predicted molar refractivity (Wildman–Crippen MR) is 106 cm³/mol. The van der Waals surface area contributed by atoms with Crippen molar-refractivity contribution in [2.45, 2.75) is 13.0 Å². The van der Waals surface area contributed by atoms with Crippen LogP contribution in [-0.2, 0) is 13.0 Å². The van der Waals surface area contributed by atoms with Crippen molar-refractivity contribution in [1.82, 2.24) is 15.3 Å². The van der Waals surface area contributed by atoms with Gasteiger partial charge in [-0.05, 0) is 35.4 Å². The number of anilines is 2. The smallest absolute Gasteiger partial charge is 0.271 e. The molecule has 142 valence electrons. The molecule has 2 aromatic carbocycles. The van der Waals surface area contributed by atoms with Crippen LogP contribution in [0.1, 0.15) is 37.7 Å².